The van der Waals surface area contributed by atoms with Crippen LogP contribution in [0.2, 0.25) is 0 Å². The molecule has 1 aliphatic carbocycles. The third-order valence-corrected chi connectivity index (χ3v) is 6.45. The summed E-state index contributed by atoms with van der Waals surface area (Å²) in [7, 11) is 1.81. The molecule has 1 aliphatic heterocycles. The average molecular weight is 396 g/mol. The minimum Gasteiger partial charge on any atom is -0.341 e. The summed E-state index contributed by atoms with van der Waals surface area (Å²) in [6.07, 6.45) is 7.06. The lowest BCUT2D eigenvalue weighted by Crippen LogP contribution is -2.50. The number of carbonyl (C=O) groups is 2. The number of piperidine rings is 1. The maximum absolute atomic E-state index is 13.0. The Kier molecular flexibility index (Phi) is 5.15. The molecule has 4 rings (SSSR count). The summed E-state index contributed by atoms with van der Waals surface area (Å²) in [6, 6.07) is 7.21. The zero-order chi connectivity index (χ0) is 20.6. The van der Waals surface area contributed by atoms with Gasteiger partial charge in [-0.2, -0.15) is 5.10 Å². The number of hydrogen-bond acceptors (Lipinski definition) is 4. The van der Waals surface area contributed by atoms with Crippen molar-refractivity contribution in [1.29, 1.82) is 0 Å². The van der Waals surface area contributed by atoms with Gasteiger partial charge in [0.05, 0.1) is 0 Å². The Morgan fingerprint density at radius 2 is 2.07 bits per heavy atom. The van der Waals surface area contributed by atoms with Crippen LogP contribution in [0.25, 0.3) is 5.82 Å². The molecule has 1 saturated carbocycles. The summed E-state index contributed by atoms with van der Waals surface area (Å²) >= 11 is 0. The van der Waals surface area contributed by atoms with Crippen molar-refractivity contribution in [2.24, 2.45) is 11.3 Å². The minimum atomic E-state index is -0.123. The van der Waals surface area contributed by atoms with Crippen molar-refractivity contribution in [2.75, 3.05) is 20.1 Å². The molecule has 154 valence electrons. The van der Waals surface area contributed by atoms with Crippen LogP contribution in [0, 0.1) is 11.3 Å². The molecule has 1 unspecified atom stereocenters. The van der Waals surface area contributed by atoms with E-state index in [9.17, 15) is 9.59 Å². The second-order valence-electron chi connectivity index (χ2n) is 8.98. The van der Waals surface area contributed by atoms with Crippen molar-refractivity contribution in [2.45, 2.75) is 45.6 Å². The van der Waals surface area contributed by atoms with Gasteiger partial charge in [0.25, 0.3) is 5.91 Å². The van der Waals surface area contributed by atoms with E-state index >= 15 is 0 Å². The van der Waals surface area contributed by atoms with Gasteiger partial charge < -0.3 is 9.80 Å². The van der Waals surface area contributed by atoms with Crippen LogP contribution in [-0.4, -0.2) is 62.6 Å². The molecule has 0 spiro atoms. The normalized spacial score (nSPS) is 22.9. The number of pyridine rings is 1. The molecule has 1 saturated heterocycles. The topological polar surface area (TPSA) is 71.3 Å². The van der Waals surface area contributed by atoms with Crippen molar-refractivity contribution in [3.63, 3.8) is 0 Å². The molecule has 0 aromatic carbocycles. The van der Waals surface area contributed by atoms with Gasteiger partial charge in [-0.05, 0) is 48.8 Å². The third-order valence-electron chi connectivity index (χ3n) is 6.45. The number of nitrogens with zero attached hydrogens (tertiary/aromatic N) is 5. The van der Waals surface area contributed by atoms with E-state index in [0.717, 1.165) is 25.8 Å². The van der Waals surface area contributed by atoms with Crippen LogP contribution >= 0.6 is 0 Å². The molecular weight excluding hydrogens is 366 g/mol. The molecule has 2 amide bonds. The molecule has 0 N–H and O–H groups in total. The molecule has 2 aliphatic rings. The van der Waals surface area contributed by atoms with E-state index in [1.807, 2.05) is 30.1 Å². The SMILES string of the molecule is CN(C(=O)c1cccc(-n2cccn2)n1)[C@H]1CCCN(C(=O)CC2CC2(C)C)C1. The number of likely N-dealkylation sites (tertiary alicyclic amines) is 1. The van der Waals surface area contributed by atoms with Gasteiger partial charge in [-0.3, -0.25) is 9.59 Å². The number of aromatic nitrogens is 3. The van der Waals surface area contributed by atoms with Gasteiger partial charge in [0.15, 0.2) is 5.82 Å². The highest BCUT2D eigenvalue weighted by molar-refractivity contribution is 5.92. The molecule has 29 heavy (non-hydrogen) atoms. The van der Waals surface area contributed by atoms with Crippen LogP contribution in [0.4, 0.5) is 0 Å². The number of hydrogen-bond donors (Lipinski definition) is 0. The standard InChI is InChI=1S/C22H29N5O2/c1-22(2)14-16(22)13-20(28)26-11-5-7-17(15-26)25(3)21(29)18-8-4-9-19(24-18)27-12-6-10-23-27/h4,6,8-10,12,16-17H,5,7,11,13-15H2,1-3H3/t16?,17-/m0/s1. The number of rotatable bonds is 5. The molecule has 0 bridgehead atoms. The largest absolute Gasteiger partial charge is 0.341 e. The monoisotopic (exact) mass is 395 g/mol. The first-order valence-corrected chi connectivity index (χ1v) is 10.4. The van der Waals surface area contributed by atoms with Gasteiger partial charge in [0, 0.05) is 45.0 Å². The lowest BCUT2D eigenvalue weighted by atomic mass is 10.0. The van der Waals surface area contributed by atoms with Gasteiger partial charge in [0.1, 0.15) is 5.69 Å². The Bertz CT molecular complexity index is 892. The molecule has 2 fully saturated rings. The first kappa shape index (κ1) is 19.6. The van der Waals surface area contributed by atoms with E-state index in [1.165, 1.54) is 0 Å². The minimum absolute atomic E-state index is 0.0163. The second-order valence-corrected chi connectivity index (χ2v) is 8.98. The van der Waals surface area contributed by atoms with Crippen molar-refractivity contribution in [3.8, 4) is 5.82 Å². The van der Waals surface area contributed by atoms with Crippen molar-refractivity contribution in [1.82, 2.24) is 24.6 Å². The number of likely N-dealkylation sites (N-methyl/N-ethyl adjacent to an activating group) is 1. The predicted octanol–water partition coefficient (Wildman–Crippen LogP) is 2.77. The predicted molar refractivity (Wildman–Crippen MR) is 110 cm³/mol. The molecule has 7 nitrogen and oxygen atoms in total. The molecular formula is C22H29N5O2. The van der Waals surface area contributed by atoms with E-state index in [1.54, 1.807) is 28.0 Å². The van der Waals surface area contributed by atoms with Gasteiger partial charge in [-0.1, -0.05) is 19.9 Å². The van der Waals surface area contributed by atoms with Crippen molar-refractivity contribution < 1.29 is 9.59 Å². The second kappa shape index (κ2) is 7.61. The summed E-state index contributed by atoms with van der Waals surface area (Å²) in [4.78, 5) is 33.9. The first-order chi connectivity index (χ1) is 13.8. The van der Waals surface area contributed by atoms with E-state index in [-0.39, 0.29) is 17.9 Å². The van der Waals surface area contributed by atoms with E-state index < -0.39 is 0 Å². The Labute approximate surface area is 171 Å². The molecule has 0 radical (unpaired) electrons. The first-order valence-electron chi connectivity index (χ1n) is 10.4. The zero-order valence-corrected chi connectivity index (χ0v) is 17.4. The quantitative estimate of drug-likeness (QED) is 0.780. The van der Waals surface area contributed by atoms with Crippen molar-refractivity contribution in [3.05, 3.63) is 42.4 Å². The highest BCUT2D eigenvalue weighted by Gasteiger charge is 2.47. The smallest absolute Gasteiger partial charge is 0.272 e. The van der Waals surface area contributed by atoms with Gasteiger partial charge in [-0.25, -0.2) is 9.67 Å². The average Bonchev–Trinajstić information content (AvgIpc) is 3.12. The Morgan fingerprint density at radius 1 is 1.28 bits per heavy atom. The van der Waals surface area contributed by atoms with E-state index in [4.69, 9.17) is 0 Å². The fraction of sp³-hybridized carbons (Fsp3) is 0.545. The lowest BCUT2D eigenvalue weighted by Gasteiger charge is -2.37. The summed E-state index contributed by atoms with van der Waals surface area (Å²) in [5, 5.41) is 4.17. The Balaban J connectivity index is 1.41. The van der Waals surface area contributed by atoms with Crippen LogP contribution in [0.3, 0.4) is 0 Å². The Morgan fingerprint density at radius 3 is 2.76 bits per heavy atom. The highest BCUT2D eigenvalue weighted by atomic mass is 16.2. The fourth-order valence-corrected chi connectivity index (χ4v) is 4.18. The summed E-state index contributed by atoms with van der Waals surface area (Å²) in [6.45, 7) is 5.84. The number of amides is 2. The molecule has 3 heterocycles. The van der Waals surface area contributed by atoms with Gasteiger partial charge in [-0.15, -0.1) is 0 Å². The van der Waals surface area contributed by atoms with E-state index in [2.05, 4.69) is 23.9 Å². The Hall–Kier alpha value is -2.70. The summed E-state index contributed by atoms with van der Waals surface area (Å²) in [5.41, 5.74) is 0.701. The van der Waals surface area contributed by atoms with Crippen LogP contribution in [0.1, 0.15) is 50.0 Å². The molecule has 7 heteroatoms. The fourth-order valence-electron chi connectivity index (χ4n) is 4.18. The van der Waals surface area contributed by atoms with Crippen LogP contribution in [0.5, 0.6) is 0 Å². The molecule has 2 aromatic rings. The lowest BCUT2D eigenvalue weighted by molar-refractivity contribution is -0.133. The third kappa shape index (κ3) is 4.18. The van der Waals surface area contributed by atoms with Gasteiger partial charge in [0.2, 0.25) is 5.91 Å². The molecule has 2 atom stereocenters. The summed E-state index contributed by atoms with van der Waals surface area (Å²) < 4.78 is 1.64. The van der Waals surface area contributed by atoms with Gasteiger partial charge >= 0.3 is 0 Å². The maximum Gasteiger partial charge on any atom is 0.272 e. The number of carbonyl (C=O) groups excluding carboxylic acids is 2. The van der Waals surface area contributed by atoms with E-state index in [0.29, 0.717) is 35.8 Å². The maximum atomic E-state index is 13.0. The van der Waals surface area contributed by atoms with Crippen LogP contribution in [0.15, 0.2) is 36.7 Å². The molecule has 2 aromatic heterocycles. The zero-order valence-electron chi connectivity index (χ0n) is 17.4. The summed E-state index contributed by atoms with van der Waals surface area (Å²) in [5.74, 6) is 1.22. The van der Waals surface area contributed by atoms with Crippen LogP contribution in [-0.2, 0) is 4.79 Å². The van der Waals surface area contributed by atoms with Crippen molar-refractivity contribution >= 4 is 11.8 Å². The highest BCUT2D eigenvalue weighted by Crippen LogP contribution is 2.53. The van der Waals surface area contributed by atoms with Crippen LogP contribution < -0.4 is 0 Å².